The third-order valence-corrected chi connectivity index (χ3v) is 6.44. The number of furan rings is 1. The summed E-state index contributed by atoms with van der Waals surface area (Å²) >= 11 is 0. The van der Waals surface area contributed by atoms with Crippen molar-refractivity contribution in [2.45, 2.75) is 30.3 Å². The number of carbonyl (C=O) groups excluding carboxylic acids is 2. The number of nitrogens with zero attached hydrogens (tertiary/aromatic N) is 1. The lowest BCUT2D eigenvalue weighted by Gasteiger charge is -2.35. The van der Waals surface area contributed by atoms with E-state index in [2.05, 4.69) is 5.32 Å². The first-order chi connectivity index (χ1) is 15.3. The number of nitrogens with two attached hydrogens (primary N) is 1. The van der Waals surface area contributed by atoms with Crippen LogP contribution in [-0.2, 0) is 34.2 Å². The van der Waals surface area contributed by atoms with Crippen LogP contribution in [0.4, 0.5) is 0 Å². The lowest BCUT2D eigenvalue weighted by atomic mass is 9.93. The summed E-state index contributed by atoms with van der Waals surface area (Å²) in [7, 11) is -3.74. The minimum atomic E-state index is -3.74. The standard InChI is InChI=1S/C23H23N3O5S/c24-32(29,30)19-9-7-16(8-10-19)11-12-25-22(27)20-14-17-4-1-2-5-18(17)15-26(20)23(28)21-6-3-13-31-21/h1-10,13,20H,11-12,14-15H2,(H,25,27)(H2,24,29,30)/t20-/m0/s1. The van der Waals surface area contributed by atoms with Crippen LogP contribution in [0.1, 0.15) is 27.2 Å². The quantitative estimate of drug-likeness (QED) is 0.590. The van der Waals surface area contributed by atoms with Crippen LogP contribution >= 0.6 is 0 Å². The van der Waals surface area contributed by atoms with Crippen molar-refractivity contribution < 1.29 is 22.4 Å². The maximum absolute atomic E-state index is 13.0. The molecule has 0 fully saturated rings. The second kappa shape index (κ2) is 8.97. The number of nitrogens with one attached hydrogen (secondary N) is 1. The van der Waals surface area contributed by atoms with Gasteiger partial charge in [-0.25, -0.2) is 13.6 Å². The van der Waals surface area contributed by atoms with E-state index in [4.69, 9.17) is 9.56 Å². The molecule has 0 spiro atoms. The Labute approximate surface area is 186 Å². The van der Waals surface area contributed by atoms with E-state index in [0.717, 1.165) is 16.7 Å². The Morgan fingerprint density at radius 3 is 2.41 bits per heavy atom. The minimum Gasteiger partial charge on any atom is -0.459 e. The molecule has 0 bridgehead atoms. The van der Waals surface area contributed by atoms with E-state index in [9.17, 15) is 18.0 Å². The molecule has 4 rings (SSSR count). The molecule has 9 heteroatoms. The SMILES string of the molecule is NS(=O)(=O)c1ccc(CCNC(=O)[C@@H]2Cc3ccccc3CN2C(=O)c2ccco2)cc1. The Hall–Kier alpha value is -3.43. The molecule has 0 saturated heterocycles. The lowest BCUT2D eigenvalue weighted by Crippen LogP contribution is -2.52. The highest BCUT2D eigenvalue weighted by atomic mass is 32.2. The van der Waals surface area contributed by atoms with Gasteiger partial charge in [0.05, 0.1) is 11.2 Å². The van der Waals surface area contributed by atoms with Gasteiger partial charge in [0.25, 0.3) is 5.91 Å². The highest BCUT2D eigenvalue weighted by molar-refractivity contribution is 7.89. The van der Waals surface area contributed by atoms with Crippen molar-refractivity contribution in [3.63, 3.8) is 0 Å². The molecular weight excluding hydrogens is 430 g/mol. The van der Waals surface area contributed by atoms with E-state index < -0.39 is 16.1 Å². The highest BCUT2D eigenvalue weighted by Crippen LogP contribution is 2.25. The molecule has 1 aliphatic rings. The first-order valence-electron chi connectivity index (χ1n) is 10.1. The fourth-order valence-electron chi connectivity index (χ4n) is 3.81. The Bertz CT molecular complexity index is 1220. The summed E-state index contributed by atoms with van der Waals surface area (Å²) in [4.78, 5) is 27.6. The number of fused-ring (bicyclic) bond motifs is 1. The molecule has 8 nitrogen and oxygen atoms in total. The Balaban J connectivity index is 1.45. The predicted octanol–water partition coefficient (Wildman–Crippen LogP) is 1.85. The van der Waals surface area contributed by atoms with E-state index in [1.165, 1.54) is 23.3 Å². The summed E-state index contributed by atoms with van der Waals surface area (Å²) in [6.45, 7) is 0.664. The topological polar surface area (TPSA) is 123 Å². The summed E-state index contributed by atoms with van der Waals surface area (Å²) in [6.07, 6.45) is 2.35. The smallest absolute Gasteiger partial charge is 0.290 e. The van der Waals surface area contributed by atoms with Crippen LogP contribution in [0.25, 0.3) is 0 Å². The predicted molar refractivity (Wildman–Crippen MR) is 117 cm³/mol. The third-order valence-electron chi connectivity index (χ3n) is 5.51. The van der Waals surface area contributed by atoms with Crippen molar-refractivity contribution in [2.75, 3.05) is 6.54 Å². The fourth-order valence-corrected chi connectivity index (χ4v) is 4.32. The summed E-state index contributed by atoms with van der Waals surface area (Å²) in [5.74, 6) is -0.388. The van der Waals surface area contributed by atoms with Gasteiger partial charge in [0.15, 0.2) is 5.76 Å². The van der Waals surface area contributed by atoms with Crippen molar-refractivity contribution in [1.29, 1.82) is 0 Å². The number of primary sulfonamides is 1. The zero-order chi connectivity index (χ0) is 22.7. The fraction of sp³-hybridized carbons (Fsp3) is 0.217. The monoisotopic (exact) mass is 453 g/mol. The molecule has 3 N–H and O–H groups in total. The van der Waals surface area contributed by atoms with Gasteiger partial charge in [-0.15, -0.1) is 0 Å². The first-order valence-corrected chi connectivity index (χ1v) is 11.7. The Morgan fingerprint density at radius 2 is 1.75 bits per heavy atom. The molecule has 3 aromatic rings. The molecule has 0 saturated carbocycles. The second-order valence-corrected chi connectivity index (χ2v) is 9.19. The molecule has 2 amide bonds. The minimum absolute atomic E-state index is 0.0400. The molecule has 0 radical (unpaired) electrons. The van der Waals surface area contributed by atoms with E-state index in [-0.39, 0.29) is 22.5 Å². The third kappa shape index (κ3) is 4.74. The summed E-state index contributed by atoms with van der Waals surface area (Å²) < 4.78 is 28.0. The lowest BCUT2D eigenvalue weighted by molar-refractivity contribution is -0.126. The molecule has 2 aromatic carbocycles. The van der Waals surface area contributed by atoms with Crippen LogP contribution in [0.2, 0.25) is 0 Å². The number of amides is 2. The van der Waals surface area contributed by atoms with Gasteiger partial charge in [-0.1, -0.05) is 36.4 Å². The molecule has 2 heterocycles. The number of hydrogen-bond acceptors (Lipinski definition) is 5. The van der Waals surface area contributed by atoms with Gasteiger partial charge < -0.3 is 14.6 Å². The van der Waals surface area contributed by atoms with Gasteiger partial charge in [-0.2, -0.15) is 0 Å². The van der Waals surface area contributed by atoms with Gasteiger partial charge in [-0.3, -0.25) is 9.59 Å². The molecule has 1 atom stereocenters. The zero-order valence-corrected chi connectivity index (χ0v) is 18.0. The van der Waals surface area contributed by atoms with Crippen LogP contribution < -0.4 is 10.5 Å². The van der Waals surface area contributed by atoms with Crippen molar-refractivity contribution in [2.24, 2.45) is 5.14 Å². The van der Waals surface area contributed by atoms with Crippen molar-refractivity contribution in [3.05, 3.63) is 89.4 Å². The molecular formula is C23H23N3O5S. The van der Waals surface area contributed by atoms with E-state index >= 15 is 0 Å². The van der Waals surface area contributed by atoms with Crippen molar-refractivity contribution in [1.82, 2.24) is 10.2 Å². The largest absolute Gasteiger partial charge is 0.459 e. The van der Waals surface area contributed by atoms with Gasteiger partial charge in [0.1, 0.15) is 6.04 Å². The maximum atomic E-state index is 13.0. The molecule has 0 unspecified atom stereocenters. The normalized spacial score (nSPS) is 15.8. The first kappa shape index (κ1) is 21.8. The number of carbonyl (C=O) groups is 2. The van der Waals surface area contributed by atoms with Gasteiger partial charge >= 0.3 is 0 Å². The zero-order valence-electron chi connectivity index (χ0n) is 17.2. The molecule has 166 valence electrons. The average Bonchev–Trinajstić information content (AvgIpc) is 3.32. The van der Waals surface area contributed by atoms with Crippen LogP contribution in [0.15, 0.2) is 76.2 Å². The summed E-state index contributed by atoms with van der Waals surface area (Å²) in [5, 5.41) is 8.01. The van der Waals surface area contributed by atoms with Crippen LogP contribution in [0.5, 0.6) is 0 Å². The van der Waals surface area contributed by atoms with Crippen LogP contribution in [0, 0.1) is 0 Å². The summed E-state index contributed by atoms with van der Waals surface area (Å²) in [5.41, 5.74) is 2.90. The van der Waals surface area contributed by atoms with Gasteiger partial charge in [-0.05, 0) is 47.4 Å². The van der Waals surface area contributed by atoms with Crippen LogP contribution in [-0.4, -0.2) is 37.7 Å². The molecule has 1 aromatic heterocycles. The van der Waals surface area contributed by atoms with E-state index in [1.807, 2.05) is 24.3 Å². The van der Waals surface area contributed by atoms with E-state index in [0.29, 0.717) is 25.9 Å². The maximum Gasteiger partial charge on any atom is 0.290 e. The number of hydrogen-bond donors (Lipinski definition) is 2. The highest BCUT2D eigenvalue weighted by Gasteiger charge is 2.35. The van der Waals surface area contributed by atoms with Crippen molar-refractivity contribution >= 4 is 21.8 Å². The molecule has 32 heavy (non-hydrogen) atoms. The van der Waals surface area contributed by atoms with Crippen molar-refractivity contribution in [3.8, 4) is 0 Å². The number of sulfonamides is 1. The number of rotatable bonds is 6. The summed E-state index contributed by atoms with van der Waals surface area (Å²) in [6, 6.07) is 16.5. The second-order valence-electron chi connectivity index (χ2n) is 7.63. The van der Waals surface area contributed by atoms with Gasteiger partial charge in [0, 0.05) is 19.5 Å². The van der Waals surface area contributed by atoms with Gasteiger partial charge in [0.2, 0.25) is 15.9 Å². The van der Waals surface area contributed by atoms with E-state index in [1.54, 1.807) is 24.3 Å². The molecule has 1 aliphatic heterocycles. The Morgan fingerprint density at radius 1 is 1.03 bits per heavy atom. The van der Waals surface area contributed by atoms with Crippen LogP contribution in [0.3, 0.4) is 0 Å². The number of benzene rings is 2. The Kier molecular flexibility index (Phi) is 6.11. The molecule has 0 aliphatic carbocycles. The average molecular weight is 454 g/mol.